The van der Waals surface area contributed by atoms with E-state index in [9.17, 15) is 9.90 Å². The number of carbonyl (C=O) groups is 1. The van der Waals surface area contributed by atoms with Crippen LogP contribution in [-0.2, 0) is 14.3 Å². The summed E-state index contributed by atoms with van der Waals surface area (Å²) >= 11 is 0. The van der Waals surface area contributed by atoms with E-state index in [2.05, 4.69) is 69.2 Å². The van der Waals surface area contributed by atoms with Crippen LogP contribution in [-0.4, -0.2) is 37.0 Å². The van der Waals surface area contributed by atoms with Gasteiger partial charge in [0, 0.05) is 0 Å². The maximum Gasteiger partial charge on any atom is 0.306 e. The third-order valence-electron chi connectivity index (χ3n) is 3.94. The van der Waals surface area contributed by atoms with Gasteiger partial charge in [-0.1, -0.05) is 69.2 Å². The molecule has 0 radical (unpaired) electrons. The van der Waals surface area contributed by atoms with E-state index in [0.29, 0.717) is 13.0 Å². The zero-order valence-corrected chi connectivity index (χ0v) is 19.0. The number of aliphatic hydroxyl groups is 1. The molecule has 0 amide bonds. The lowest BCUT2D eigenvalue weighted by Crippen LogP contribution is -2.33. The lowest BCUT2D eigenvalue weighted by molar-refractivity contribution is -0.158. The van der Waals surface area contributed by atoms with Gasteiger partial charge >= 0.3 is 5.97 Å². The molecule has 0 rings (SSSR count). The van der Waals surface area contributed by atoms with Crippen LogP contribution in [0.15, 0.2) is 0 Å². The number of ether oxygens (including phenoxy) is 2. The Hall–Kier alpha value is -0.610. The van der Waals surface area contributed by atoms with Gasteiger partial charge in [0.2, 0.25) is 0 Å². The van der Waals surface area contributed by atoms with E-state index in [1.807, 2.05) is 0 Å². The number of aliphatic hydroxyl groups excluding tert-OH is 1. The van der Waals surface area contributed by atoms with E-state index in [4.69, 9.17) is 9.47 Å². The zero-order valence-electron chi connectivity index (χ0n) is 19.0. The molecule has 1 N–H and O–H groups in total. The summed E-state index contributed by atoms with van der Waals surface area (Å²) in [7, 11) is 0. The van der Waals surface area contributed by atoms with E-state index >= 15 is 0 Å². The second kappa shape index (κ2) is 9.54. The maximum absolute atomic E-state index is 12.3. The number of esters is 1. The molecule has 1 atom stereocenters. The average Bonchev–Trinajstić information content (AvgIpc) is 2.29. The van der Waals surface area contributed by atoms with Gasteiger partial charge in [0.15, 0.2) is 0 Å². The lowest BCUT2D eigenvalue weighted by Gasteiger charge is -2.33. The molecule has 0 aliphatic carbocycles. The molecule has 0 heterocycles. The SMILES string of the molecule is CC(C)(C)CC(C)(C)COCC(CO)OC(=O)CC(C)(C)CC(C)(C)C. The number of carbonyl (C=O) groups excluding carboxylic acids is 1. The molecule has 4 heteroatoms. The third-order valence-corrected chi connectivity index (χ3v) is 3.94. The first kappa shape index (κ1) is 25.4. The van der Waals surface area contributed by atoms with Gasteiger partial charge in [0.05, 0.1) is 26.2 Å². The minimum Gasteiger partial charge on any atom is -0.457 e. The molecule has 156 valence electrons. The normalized spacial score (nSPS) is 15.0. The molecule has 0 aromatic rings. The monoisotopic (exact) mass is 372 g/mol. The van der Waals surface area contributed by atoms with Crippen molar-refractivity contribution < 1.29 is 19.4 Å². The fourth-order valence-electron chi connectivity index (χ4n) is 4.19. The van der Waals surface area contributed by atoms with Crippen LogP contribution in [0, 0.1) is 21.7 Å². The molecule has 0 saturated heterocycles. The minimum atomic E-state index is -0.599. The van der Waals surface area contributed by atoms with E-state index < -0.39 is 6.10 Å². The summed E-state index contributed by atoms with van der Waals surface area (Å²) in [6.07, 6.45) is 1.70. The molecule has 1 unspecified atom stereocenters. The van der Waals surface area contributed by atoms with Crippen LogP contribution >= 0.6 is 0 Å². The lowest BCUT2D eigenvalue weighted by atomic mass is 9.74. The predicted octanol–water partition coefficient (Wildman–Crippen LogP) is 5.22. The molecule has 0 spiro atoms. The van der Waals surface area contributed by atoms with Crippen molar-refractivity contribution in [2.24, 2.45) is 21.7 Å². The van der Waals surface area contributed by atoms with Gasteiger partial charge in [-0.05, 0) is 34.5 Å². The van der Waals surface area contributed by atoms with Crippen LogP contribution in [0.4, 0.5) is 0 Å². The third kappa shape index (κ3) is 13.6. The van der Waals surface area contributed by atoms with Gasteiger partial charge in [-0.2, -0.15) is 0 Å². The Labute approximate surface area is 162 Å². The molecule has 0 aliphatic heterocycles. The van der Waals surface area contributed by atoms with Crippen LogP contribution in [0.25, 0.3) is 0 Å². The first-order chi connectivity index (χ1) is 11.4. The summed E-state index contributed by atoms with van der Waals surface area (Å²) in [6.45, 7) is 22.3. The van der Waals surface area contributed by atoms with E-state index in [1.165, 1.54) is 0 Å². The largest absolute Gasteiger partial charge is 0.457 e. The van der Waals surface area contributed by atoms with Gasteiger partial charge in [0.25, 0.3) is 0 Å². The molecule has 0 bridgehead atoms. The van der Waals surface area contributed by atoms with Crippen LogP contribution < -0.4 is 0 Å². The van der Waals surface area contributed by atoms with Gasteiger partial charge in [-0.15, -0.1) is 0 Å². The highest BCUT2D eigenvalue weighted by Gasteiger charge is 2.30. The van der Waals surface area contributed by atoms with Gasteiger partial charge in [0.1, 0.15) is 6.10 Å². The van der Waals surface area contributed by atoms with Crippen molar-refractivity contribution >= 4 is 5.97 Å². The molecule has 0 fully saturated rings. The van der Waals surface area contributed by atoms with Crippen molar-refractivity contribution in [3.8, 4) is 0 Å². The van der Waals surface area contributed by atoms with E-state index in [1.54, 1.807) is 0 Å². The standard InChI is InChI=1S/C22H44O4/c1-19(2,3)14-21(7,8)11-18(24)26-17(12-23)13-25-16-22(9,10)15-20(4,5)6/h17,23H,11-16H2,1-10H3. The van der Waals surface area contributed by atoms with Crippen molar-refractivity contribution in [2.45, 2.75) is 94.6 Å². The Bertz CT molecular complexity index is 424. The quantitative estimate of drug-likeness (QED) is 0.534. The summed E-state index contributed by atoms with van der Waals surface area (Å²) in [5.74, 6) is -0.268. The Morgan fingerprint density at radius 3 is 1.73 bits per heavy atom. The number of rotatable bonds is 10. The summed E-state index contributed by atoms with van der Waals surface area (Å²) in [6, 6.07) is 0. The molecule has 0 aromatic carbocycles. The second-order valence-corrected chi connectivity index (χ2v) is 11.8. The van der Waals surface area contributed by atoms with Crippen LogP contribution in [0.1, 0.15) is 88.5 Å². The fraction of sp³-hybridized carbons (Fsp3) is 0.955. The summed E-state index contributed by atoms with van der Waals surface area (Å²) in [4.78, 5) is 12.3. The second-order valence-electron chi connectivity index (χ2n) is 11.8. The highest BCUT2D eigenvalue weighted by Crippen LogP contribution is 2.36. The summed E-state index contributed by atoms with van der Waals surface area (Å²) < 4.78 is 11.2. The Morgan fingerprint density at radius 1 is 0.846 bits per heavy atom. The first-order valence-electron chi connectivity index (χ1n) is 9.83. The van der Waals surface area contributed by atoms with E-state index in [-0.39, 0.29) is 40.8 Å². The smallest absolute Gasteiger partial charge is 0.306 e. The fourth-order valence-corrected chi connectivity index (χ4v) is 4.19. The maximum atomic E-state index is 12.3. The predicted molar refractivity (Wildman–Crippen MR) is 108 cm³/mol. The number of hydrogen-bond donors (Lipinski definition) is 1. The topological polar surface area (TPSA) is 55.8 Å². The molecule has 0 aromatic heterocycles. The average molecular weight is 373 g/mol. The summed E-state index contributed by atoms with van der Waals surface area (Å²) in [5.41, 5.74) is 0.290. The van der Waals surface area contributed by atoms with Crippen molar-refractivity contribution in [2.75, 3.05) is 19.8 Å². The van der Waals surface area contributed by atoms with Crippen LogP contribution in [0.2, 0.25) is 0 Å². The van der Waals surface area contributed by atoms with Crippen LogP contribution in [0.5, 0.6) is 0 Å². The molecule has 0 aliphatic rings. The molecule has 4 nitrogen and oxygen atoms in total. The van der Waals surface area contributed by atoms with Crippen molar-refractivity contribution in [3.05, 3.63) is 0 Å². The zero-order chi connectivity index (χ0) is 20.8. The Kier molecular flexibility index (Phi) is 9.32. The number of hydrogen-bond acceptors (Lipinski definition) is 4. The Balaban J connectivity index is 4.44. The molecular formula is C22H44O4. The van der Waals surface area contributed by atoms with Crippen molar-refractivity contribution in [3.63, 3.8) is 0 Å². The summed E-state index contributed by atoms with van der Waals surface area (Å²) in [5, 5.41) is 9.52. The molecule has 0 saturated carbocycles. The van der Waals surface area contributed by atoms with Gasteiger partial charge < -0.3 is 14.6 Å². The van der Waals surface area contributed by atoms with E-state index in [0.717, 1.165) is 12.8 Å². The van der Waals surface area contributed by atoms with Crippen molar-refractivity contribution in [1.82, 2.24) is 0 Å². The van der Waals surface area contributed by atoms with Crippen LogP contribution in [0.3, 0.4) is 0 Å². The molecule has 26 heavy (non-hydrogen) atoms. The minimum absolute atomic E-state index is 0.0387. The van der Waals surface area contributed by atoms with Gasteiger partial charge in [-0.3, -0.25) is 4.79 Å². The Morgan fingerprint density at radius 2 is 1.31 bits per heavy atom. The van der Waals surface area contributed by atoms with Crippen molar-refractivity contribution in [1.29, 1.82) is 0 Å². The highest BCUT2D eigenvalue weighted by molar-refractivity contribution is 5.70. The highest BCUT2D eigenvalue weighted by atomic mass is 16.6. The first-order valence-corrected chi connectivity index (χ1v) is 9.83. The van der Waals surface area contributed by atoms with Gasteiger partial charge in [-0.25, -0.2) is 0 Å². The molecular weight excluding hydrogens is 328 g/mol.